The van der Waals surface area contributed by atoms with E-state index in [-0.39, 0.29) is 6.04 Å². The molecule has 1 atom stereocenters. The Morgan fingerprint density at radius 2 is 1.43 bits per heavy atom. The maximum Gasteiger partial charge on any atom is 0.164 e. The molecule has 0 aliphatic heterocycles. The third-order valence-electron chi connectivity index (χ3n) is 3.49. The molecule has 0 aliphatic carbocycles. The Labute approximate surface area is 124 Å². The summed E-state index contributed by atoms with van der Waals surface area (Å²) in [5.41, 5.74) is 8.13. The Balaban J connectivity index is 2.53. The second-order valence-electron chi connectivity index (χ2n) is 4.80. The number of nitrogens with two attached hydrogens (primary N) is 1. The zero-order valence-corrected chi connectivity index (χ0v) is 13.0. The molecule has 2 rings (SSSR count). The van der Waals surface area contributed by atoms with E-state index in [1.54, 1.807) is 27.4 Å². The van der Waals surface area contributed by atoms with Gasteiger partial charge in [0.25, 0.3) is 0 Å². The lowest BCUT2D eigenvalue weighted by atomic mass is 9.98. The molecule has 1 unspecified atom stereocenters. The molecule has 0 spiro atoms. The number of methoxy groups -OCH3 is 3. The van der Waals surface area contributed by atoms with Crippen LogP contribution in [0.4, 0.5) is 0 Å². The van der Waals surface area contributed by atoms with Crippen LogP contribution in [0.5, 0.6) is 17.2 Å². The number of hydrogen-bond donors (Lipinski definition) is 1. The first kappa shape index (κ1) is 15.3. The van der Waals surface area contributed by atoms with E-state index in [2.05, 4.69) is 0 Å². The highest BCUT2D eigenvalue weighted by Crippen LogP contribution is 2.39. The number of furan rings is 1. The molecule has 0 saturated heterocycles. The smallest absolute Gasteiger partial charge is 0.164 e. The van der Waals surface area contributed by atoms with Crippen LogP contribution in [-0.2, 0) is 0 Å². The number of benzene rings is 1. The van der Waals surface area contributed by atoms with Crippen molar-refractivity contribution >= 4 is 0 Å². The highest BCUT2D eigenvalue weighted by atomic mass is 16.5. The van der Waals surface area contributed by atoms with Gasteiger partial charge in [-0.1, -0.05) is 0 Å². The molecular formula is C16H21NO4. The maximum atomic E-state index is 6.39. The first-order valence-electron chi connectivity index (χ1n) is 6.64. The fraction of sp³-hybridized carbons (Fsp3) is 0.375. The van der Waals surface area contributed by atoms with Crippen LogP contribution in [0.1, 0.15) is 28.7 Å². The molecule has 21 heavy (non-hydrogen) atoms. The molecule has 114 valence electrons. The van der Waals surface area contributed by atoms with Crippen molar-refractivity contribution in [1.82, 2.24) is 0 Å². The van der Waals surface area contributed by atoms with Crippen LogP contribution in [0.3, 0.4) is 0 Å². The minimum atomic E-state index is -0.364. The predicted octanol–water partition coefficient (Wildman–Crippen LogP) is 2.97. The van der Waals surface area contributed by atoms with Gasteiger partial charge < -0.3 is 24.4 Å². The predicted molar refractivity (Wildman–Crippen MR) is 80.3 cm³/mol. The Hall–Kier alpha value is -2.14. The quantitative estimate of drug-likeness (QED) is 0.917. The summed E-state index contributed by atoms with van der Waals surface area (Å²) in [6, 6.07) is 5.19. The summed E-state index contributed by atoms with van der Waals surface area (Å²) in [6.07, 6.45) is 0. The van der Waals surface area contributed by atoms with Gasteiger partial charge in [0.2, 0.25) is 0 Å². The summed E-state index contributed by atoms with van der Waals surface area (Å²) in [5, 5.41) is 0. The summed E-state index contributed by atoms with van der Waals surface area (Å²) >= 11 is 0. The van der Waals surface area contributed by atoms with Gasteiger partial charge in [-0.05, 0) is 26.0 Å². The van der Waals surface area contributed by atoms with Crippen LogP contribution in [0, 0.1) is 13.8 Å². The summed E-state index contributed by atoms with van der Waals surface area (Å²) in [7, 11) is 4.78. The van der Waals surface area contributed by atoms with Crippen LogP contribution >= 0.6 is 0 Å². The van der Waals surface area contributed by atoms with E-state index in [0.717, 1.165) is 22.6 Å². The average molecular weight is 291 g/mol. The maximum absolute atomic E-state index is 6.39. The monoisotopic (exact) mass is 291 g/mol. The van der Waals surface area contributed by atoms with Crippen molar-refractivity contribution in [2.75, 3.05) is 21.3 Å². The van der Waals surface area contributed by atoms with E-state index in [1.165, 1.54) is 0 Å². The Morgan fingerprint density at radius 1 is 0.857 bits per heavy atom. The Kier molecular flexibility index (Phi) is 4.43. The van der Waals surface area contributed by atoms with Crippen molar-refractivity contribution in [3.8, 4) is 17.2 Å². The molecule has 0 fully saturated rings. The van der Waals surface area contributed by atoms with E-state index in [9.17, 15) is 0 Å². The van der Waals surface area contributed by atoms with Gasteiger partial charge in [-0.3, -0.25) is 0 Å². The number of ether oxygens (including phenoxy) is 3. The minimum absolute atomic E-state index is 0.364. The summed E-state index contributed by atoms with van der Waals surface area (Å²) in [5.74, 6) is 3.50. The summed E-state index contributed by atoms with van der Waals surface area (Å²) in [6.45, 7) is 3.80. The fourth-order valence-electron chi connectivity index (χ4n) is 2.42. The number of rotatable bonds is 5. The third kappa shape index (κ3) is 2.83. The highest BCUT2D eigenvalue weighted by molar-refractivity contribution is 5.53. The van der Waals surface area contributed by atoms with Crippen molar-refractivity contribution in [3.63, 3.8) is 0 Å². The Bertz CT molecular complexity index is 633. The molecule has 0 radical (unpaired) electrons. The molecule has 1 aromatic carbocycles. The van der Waals surface area contributed by atoms with Crippen LogP contribution in [-0.4, -0.2) is 21.3 Å². The van der Waals surface area contributed by atoms with Crippen molar-refractivity contribution in [2.45, 2.75) is 19.9 Å². The second kappa shape index (κ2) is 6.10. The van der Waals surface area contributed by atoms with Crippen LogP contribution in [0.25, 0.3) is 0 Å². The van der Waals surface area contributed by atoms with Crippen molar-refractivity contribution in [2.24, 2.45) is 5.73 Å². The minimum Gasteiger partial charge on any atom is -0.496 e. The van der Waals surface area contributed by atoms with Gasteiger partial charge in [-0.15, -0.1) is 0 Å². The SMILES string of the molecule is COc1cc(OC)c(C(N)c2cc(C)oc2C)cc1OC. The van der Waals surface area contributed by atoms with E-state index < -0.39 is 0 Å². The molecule has 5 nitrogen and oxygen atoms in total. The lowest BCUT2D eigenvalue weighted by Crippen LogP contribution is -2.14. The van der Waals surface area contributed by atoms with Gasteiger partial charge in [0.15, 0.2) is 11.5 Å². The van der Waals surface area contributed by atoms with Gasteiger partial charge >= 0.3 is 0 Å². The largest absolute Gasteiger partial charge is 0.496 e. The standard InChI is InChI=1S/C16H21NO4/c1-9-6-11(10(2)21-9)16(17)12-7-14(19-4)15(20-5)8-13(12)18-3/h6-8,16H,17H2,1-5H3. The number of aryl methyl sites for hydroxylation is 2. The molecule has 0 amide bonds. The average Bonchev–Trinajstić information content (AvgIpc) is 2.83. The Morgan fingerprint density at radius 3 is 1.90 bits per heavy atom. The third-order valence-corrected chi connectivity index (χ3v) is 3.49. The van der Waals surface area contributed by atoms with Gasteiger partial charge in [0.05, 0.1) is 27.4 Å². The topological polar surface area (TPSA) is 66.9 Å². The number of hydrogen-bond acceptors (Lipinski definition) is 5. The lowest BCUT2D eigenvalue weighted by Gasteiger charge is -2.18. The van der Waals surface area contributed by atoms with Gasteiger partial charge in [0.1, 0.15) is 17.3 Å². The van der Waals surface area contributed by atoms with Gasteiger partial charge in [-0.25, -0.2) is 0 Å². The first-order chi connectivity index (χ1) is 10.0. The zero-order chi connectivity index (χ0) is 15.6. The van der Waals surface area contributed by atoms with Crippen LogP contribution in [0.2, 0.25) is 0 Å². The van der Waals surface area contributed by atoms with E-state index >= 15 is 0 Å². The van der Waals surface area contributed by atoms with Crippen LogP contribution in [0.15, 0.2) is 22.6 Å². The van der Waals surface area contributed by atoms with E-state index in [0.29, 0.717) is 17.2 Å². The second-order valence-corrected chi connectivity index (χ2v) is 4.80. The zero-order valence-electron chi connectivity index (χ0n) is 13.0. The summed E-state index contributed by atoms with van der Waals surface area (Å²) < 4.78 is 21.6. The molecule has 1 heterocycles. The fourth-order valence-corrected chi connectivity index (χ4v) is 2.42. The molecule has 5 heteroatoms. The normalized spacial score (nSPS) is 12.1. The molecule has 0 aliphatic rings. The first-order valence-corrected chi connectivity index (χ1v) is 6.64. The summed E-state index contributed by atoms with van der Waals surface area (Å²) in [4.78, 5) is 0. The van der Waals surface area contributed by atoms with Gasteiger partial charge in [-0.2, -0.15) is 0 Å². The van der Waals surface area contributed by atoms with Crippen molar-refractivity contribution in [1.29, 1.82) is 0 Å². The van der Waals surface area contributed by atoms with E-state index in [4.69, 9.17) is 24.4 Å². The molecular weight excluding hydrogens is 270 g/mol. The van der Waals surface area contributed by atoms with Crippen molar-refractivity contribution < 1.29 is 18.6 Å². The lowest BCUT2D eigenvalue weighted by molar-refractivity contribution is 0.347. The van der Waals surface area contributed by atoms with E-state index in [1.807, 2.05) is 26.0 Å². The highest BCUT2D eigenvalue weighted by Gasteiger charge is 2.21. The van der Waals surface area contributed by atoms with Gasteiger partial charge in [0, 0.05) is 17.2 Å². The molecule has 0 bridgehead atoms. The van der Waals surface area contributed by atoms with Crippen LogP contribution < -0.4 is 19.9 Å². The molecule has 2 aromatic rings. The van der Waals surface area contributed by atoms with Crippen molar-refractivity contribution in [3.05, 3.63) is 40.8 Å². The molecule has 2 N–H and O–H groups in total. The molecule has 1 aromatic heterocycles. The molecule has 0 saturated carbocycles.